The number of nitro benzene ring substituents is 1. The molecule has 0 bridgehead atoms. The molecule has 7 heteroatoms. The monoisotopic (exact) mass is 465 g/mol. The van der Waals surface area contributed by atoms with Crippen LogP contribution in [0.3, 0.4) is 0 Å². The number of hydrogen-bond donors (Lipinski definition) is 0. The Kier molecular flexibility index (Phi) is 7.99. The van der Waals surface area contributed by atoms with Crippen LogP contribution in [0.4, 0.5) is 10.1 Å². The number of esters is 1. The summed E-state index contributed by atoms with van der Waals surface area (Å²) in [4.78, 5) is 23.2. The summed E-state index contributed by atoms with van der Waals surface area (Å²) in [5, 5.41) is 11.0. The molecule has 0 heterocycles. The summed E-state index contributed by atoms with van der Waals surface area (Å²) < 4.78 is 26.2. The smallest absolute Gasteiger partial charge is 0.338 e. The minimum atomic E-state index is -0.946. The number of nitrogens with zero attached hydrogens (tertiary/aromatic N) is 1. The Labute approximate surface area is 198 Å². The SMILES string of the molecule is CCC(CC)(CC)OC(=O)c1ccc(-c2ccc([N+](=O)[O-])c(F)c2)c(OCc2ccccc2)c1. The predicted octanol–water partition coefficient (Wildman–Crippen LogP) is 7.11. The molecule has 0 fully saturated rings. The van der Waals surface area contributed by atoms with E-state index in [1.807, 2.05) is 51.1 Å². The Morgan fingerprint density at radius 1 is 0.971 bits per heavy atom. The van der Waals surface area contributed by atoms with Gasteiger partial charge in [0.05, 0.1) is 10.5 Å². The average Bonchev–Trinajstić information content (AvgIpc) is 2.86. The first-order valence-electron chi connectivity index (χ1n) is 11.3. The minimum Gasteiger partial charge on any atom is -0.488 e. The number of ether oxygens (including phenoxy) is 2. The number of carbonyl (C=O) groups excluding carboxylic acids is 1. The quantitative estimate of drug-likeness (QED) is 0.181. The van der Waals surface area contributed by atoms with Crippen molar-refractivity contribution >= 4 is 11.7 Å². The van der Waals surface area contributed by atoms with Gasteiger partial charge in [0.2, 0.25) is 5.82 Å². The molecule has 178 valence electrons. The fourth-order valence-electron chi connectivity index (χ4n) is 3.79. The highest BCUT2D eigenvalue weighted by Crippen LogP contribution is 2.35. The normalized spacial score (nSPS) is 11.2. The van der Waals surface area contributed by atoms with E-state index in [4.69, 9.17) is 9.47 Å². The van der Waals surface area contributed by atoms with Crippen LogP contribution >= 0.6 is 0 Å². The largest absolute Gasteiger partial charge is 0.488 e. The van der Waals surface area contributed by atoms with Crippen LogP contribution in [0, 0.1) is 15.9 Å². The van der Waals surface area contributed by atoms with E-state index in [2.05, 4.69) is 0 Å². The molecule has 0 unspecified atom stereocenters. The van der Waals surface area contributed by atoms with Gasteiger partial charge in [0, 0.05) is 11.6 Å². The fraction of sp³-hybridized carbons (Fsp3) is 0.296. The molecule has 0 aliphatic heterocycles. The van der Waals surface area contributed by atoms with Crippen molar-refractivity contribution in [1.82, 2.24) is 0 Å². The van der Waals surface area contributed by atoms with Crippen LogP contribution in [-0.4, -0.2) is 16.5 Å². The van der Waals surface area contributed by atoms with Gasteiger partial charge in [0.1, 0.15) is 18.0 Å². The van der Waals surface area contributed by atoms with E-state index in [9.17, 15) is 19.3 Å². The van der Waals surface area contributed by atoms with Crippen LogP contribution in [0.2, 0.25) is 0 Å². The van der Waals surface area contributed by atoms with Crippen molar-refractivity contribution in [3.63, 3.8) is 0 Å². The third-order valence-corrected chi connectivity index (χ3v) is 6.15. The Morgan fingerprint density at radius 3 is 2.24 bits per heavy atom. The van der Waals surface area contributed by atoms with Crippen molar-refractivity contribution in [1.29, 1.82) is 0 Å². The highest BCUT2D eigenvalue weighted by molar-refractivity contribution is 5.91. The zero-order valence-electron chi connectivity index (χ0n) is 19.5. The molecule has 0 atom stereocenters. The number of benzene rings is 3. The molecule has 0 aliphatic carbocycles. The lowest BCUT2D eigenvalue weighted by Crippen LogP contribution is -2.33. The standard InChI is InChI=1S/C27H28FNO5/c1-4-27(5-2,6-3)34-26(30)21-12-14-22(20-13-15-24(29(31)32)23(28)16-20)25(17-21)33-18-19-10-8-7-9-11-19/h7-17H,4-6,18H2,1-3H3. The fourth-order valence-corrected chi connectivity index (χ4v) is 3.79. The summed E-state index contributed by atoms with van der Waals surface area (Å²) in [6.45, 7) is 6.19. The maximum Gasteiger partial charge on any atom is 0.338 e. The highest BCUT2D eigenvalue weighted by Gasteiger charge is 2.29. The van der Waals surface area contributed by atoms with Crippen LogP contribution in [0.15, 0.2) is 66.7 Å². The molecule has 34 heavy (non-hydrogen) atoms. The summed E-state index contributed by atoms with van der Waals surface area (Å²) in [5.41, 5.74) is 0.991. The van der Waals surface area contributed by atoms with Crippen LogP contribution < -0.4 is 4.74 Å². The molecule has 0 N–H and O–H groups in total. The lowest BCUT2D eigenvalue weighted by atomic mass is 9.94. The summed E-state index contributed by atoms with van der Waals surface area (Å²) in [5.74, 6) is -1.06. The van der Waals surface area contributed by atoms with E-state index in [1.54, 1.807) is 18.2 Å². The zero-order chi connectivity index (χ0) is 24.7. The first kappa shape index (κ1) is 24.9. The van der Waals surface area contributed by atoms with Crippen molar-refractivity contribution in [2.24, 2.45) is 0 Å². The van der Waals surface area contributed by atoms with Gasteiger partial charge in [0.25, 0.3) is 0 Å². The molecule has 0 radical (unpaired) electrons. The zero-order valence-corrected chi connectivity index (χ0v) is 19.5. The maximum atomic E-state index is 14.3. The van der Waals surface area contributed by atoms with E-state index >= 15 is 0 Å². The van der Waals surface area contributed by atoms with Crippen LogP contribution in [0.5, 0.6) is 5.75 Å². The summed E-state index contributed by atoms with van der Waals surface area (Å²) in [7, 11) is 0. The number of halogens is 1. The molecular weight excluding hydrogens is 437 g/mol. The Bertz CT molecular complexity index is 1150. The number of rotatable bonds is 10. The molecule has 3 aromatic rings. The number of carbonyl (C=O) groups is 1. The van der Waals surface area contributed by atoms with Gasteiger partial charge >= 0.3 is 11.7 Å². The van der Waals surface area contributed by atoms with Gasteiger partial charge in [0.15, 0.2) is 0 Å². The van der Waals surface area contributed by atoms with Crippen LogP contribution in [-0.2, 0) is 11.3 Å². The first-order chi connectivity index (χ1) is 16.3. The third kappa shape index (κ3) is 5.60. The molecule has 0 aliphatic rings. The van der Waals surface area contributed by atoms with E-state index in [1.165, 1.54) is 6.07 Å². The molecule has 0 spiro atoms. The maximum absolute atomic E-state index is 14.3. The van der Waals surface area contributed by atoms with Gasteiger partial charge in [-0.2, -0.15) is 4.39 Å². The molecule has 3 aromatic carbocycles. The van der Waals surface area contributed by atoms with Crippen molar-refractivity contribution in [3.05, 3.63) is 93.8 Å². The van der Waals surface area contributed by atoms with Crippen molar-refractivity contribution in [3.8, 4) is 16.9 Å². The van der Waals surface area contributed by atoms with Gasteiger partial charge in [-0.3, -0.25) is 10.1 Å². The Balaban J connectivity index is 1.99. The predicted molar refractivity (Wildman–Crippen MR) is 128 cm³/mol. The number of hydrogen-bond acceptors (Lipinski definition) is 5. The van der Waals surface area contributed by atoms with Crippen LogP contribution in [0.25, 0.3) is 11.1 Å². The van der Waals surface area contributed by atoms with Crippen LogP contribution in [0.1, 0.15) is 56.0 Å². The van der Waals surface area contributed by atoms with E-state index in [0.717, 1.165) is 17.7 Å². The summed E-state index contributed by atoms with van der Waals surface area (Å²) in [6.07, 6.45) is 2.09. The summed E-state index contributed by atoms with van der Waals surface area (Å²) >= 11 is 0. The molecular formula is C27H28FNO5. The second kappa shape index (κ2) is 10.9. The highest BCUT2D eigenvalue weighted by atomic mass is 19.1. The average molecular weight is 466 g/mol. The minimum absolute atomic E-state index is 0.227. The van der Waals surface area contributed by atoms with Crippen molar-refractivity contribution < 1.29 is 23.6 Å². The van der Waals surface area contributed by atoms with Gasteiger partial charge in [-0.25, -0.2) is 4.79 Å². The number of nitro groups is 1. The first-order valence-corrected chi connectivity index (χ1v) is 11.3. The summed E-state index contributed by atoms with van der Waals surface area (Å²) in [6, 6.07) is 18.0. The van der Waals surface area contributed by atoms with E-state index < -0.39 is 28.0 Å². The third-order valence-electron chi connectivity index (χ3n) is 6.15. The van der Waals surface area contributed by atoms with E-state index in [-0.39, 0.29) is 6.61 Å². The van der Waals surface area contributed by atoms with Crippen molar-refractivity contribution in [2.45, 2.75) is 52.2 Å². The lowest BCUT2D eigenvalue weighted by Gasteiger charge is -2.30. The molecule has 0 aromatic heterocycles. The van der Waals surface area contributed by atoms with E-state index in [0.29, 0.717) is 41.7 Å². The van der Waals surface area contributed by atoms with Gasteiger partial charge < -0.3 is 9.47 Å². The van der Waals surface area contributed by atoms with Gasteiger partial charge in [-0.05, 0) is 60.7 Å². The Morgan fingerprint density at radius 2 is 1.65 bits per heavy atom. The second-order valence-corrected chi connectivity index (χ2v) is 8.04. The molecule has 6 nitrogen and oxygen atoms in total. The lowest BCUT2D eigenvalue weighted by molar-refractivity contribution is -0.387. The van der Waals surface area contributed by atoms with Gasteiger partial charge in [-0.1, -0.05) is 51.1 Å². The molecule has 0 saturated carbocycles. The molecule has 0 saturated heterocycles. The Hall–Kier alpha value is -3.74. The molecule has 3 rings (SSSR count). The van der Waals surface area contributed by atoms with Gasteiger partial charge in [-0.15, -0.1) is 0 Å². The van der Waals surface area contributed by atoms with Crippen molar-refractivity contribution in [2.75, 3.05) is 0 Å². The topological polar surface area (TPSA) is 78.7 Å². The molecule has 0 amide bonds. The second-order valence-electron chi connectivity index (χ2n) is 8.04.